The molecule has 6 heteroatoms. The Morgan fingerprint density at radius 1 is 1.45 bits per heavy atom. The summed E-state index contributed by atoms with van der Waals surface area (Å²) in [4.78, 5) is 26.6. The molecule has 1 N–H and O–H groups in total. The van der Waals surface area contributed by atoms with E-state index in [9.17, 15) is 9.59 Å². The third-order valence-electron chi connectivity index (χ3n) is 3.51. The molecular formula is C14H17ClN2O2S. The second kappa shape index (κ2) is 6.50. The highest BCUT2D eigenvalue weighted by molar-refractivity contribution is 7.80. The average molecular weight is 313 g/mol. The summed E-state index contributed by atoms with van der Waals surface area (Å²) in [5, 5.41) is 3.05. The molecular weight excluding hydrogens is 296 g/mol. The fraction of sp³-hybridized carbons (Fsp3) is 0.429. The number of hydrogen-bond donors (Lipinski definition) is 2. The van der Waals surface area contributed by atoms with Crippen molar-refractivity contribution in [2.75, 3.05) is 20.1 Å². The van der Waals surface area contributed by atoms with Gasteiger partial charge in [-0.15, -0.1) is 12.6 Å². The van der Waals surface area contributed by atoms with Gasteiger partial charge in [-0.05, 0) is 31.0 Å². The molecule has 0 aliphatic carbocycles. The predicted molar refractivity (Wildman–Crippen MR) is 81.4 cm³/mol. The molecule has 2 rings (SSSR count). The van der Waals surface area contributed by atoms with Crippen LogP contribution < -0.4 is 5.32 Å². The van der Waals surface area contributed by atoms with Crippen molar-refractivity contribution in [2.45, 2.75) is 17.7 Å². The number of benzene rings is 1. The van der Waals surface area contributed by atoms with Gasteiger partial charge in [0.1, 0.15) is 0 Å². The van der Waals surface area contributed by atoms with Crippen molar-refractivity contribution in [1.29, 1.82) is 0 Å². The molecule has 0 saturated carbocycles. The van der Waals surface area contributed by atoms with Gasteiger partial charge in [-0.1, -0.05) is 11.6 Å². The van der Waals surface area contributed by atoms with E-state index in [4.69, 9.17) is 11.6 Å². The zero-order valence-electron chi connectivity index (χ0n) is 11.2. The maximum absolute atomic E-state index is 12.5. The van der Waals surface area contributed by atoms with E-state index >= 15 is 0 Å². The number of rotatable bonds is 2. The summed E-state index contributed by atoms with van der Waals surface area (Å²) in [6.45, 7) is 1.09. The van der Waals surface area contributed by atoms with E-state index in [-0.39, 0.29) is 17.7 Å². The van der Waals surface area contributed by atoms with Gasteiger partial charge >= 0.3 is 0 Å². The van der Waals surface area contributed by atoms with Crippen LogP contribution in [0.25, 0.3) is 0 Å². The van der Waals surface area contributed by atoms with Gasteiger partial charge in [0.05, 0.1) is 16.5 Å². The van der Waals surface area contributed by atoms with E-state index in [0.29, 0.717) is 28.6 Å². The summed E-state index contributed by atoms with van der Waals surface area (Å²) in [7, 11) is 1.62. The lowest BCUT2D eigenvalue weighted by Gasteiger charge is -2.32. The van der Waals surface area contributed by atoms with Crippen molar-refractivity contribution in [3.8, 4) is 0 Å². The van der Waals surface area contributed by atoms with Crippen LogP contribution in [0.5, 0.6) is 0 Å². The molecule has 1 aromatic carbocycles. The van der Waals surface area contributed by atoms with Crippen LogP contribution in [-0.2, 0) is 4.79 Å². The molecule has 1 atom stereocenters. The molecule has 1 aliphatic heterocycles. The number of amides is 2. The van der Waals surface area contributed by atoms with Crippen molar-refractivity contribution < 1.29 is 9.59 Å². The highest BCUT2D eigenvalue weighted by Gasteiger charge is 2.29. The minimum atomic E-state index is -0.143. The van der Waals surface area contributed by atoms with Gasteiger partial charge in [0.2, 0.25) is 5.91 Å². The Hall–Kier alpha value is -1.20. The van der Waals surface area contributed by atoms with Crippen LogP contribution in [0.2, 0.25) is 5.02 Å². The largest absolute Gasteiger partial charge is 0.359 e. The maximum Gasteiger partial charge on any atom is 0.255 e. The van der Waals surface area contributed by atoms with Gasteiger partial charge in [-0.25, -0.2) is 0 Å². The van der Waals surface area contributed by atoms with E-state index in [1.54, 1.807) is 30.1 Å². The maximum atomic E-state index is 12.5. The lowest BCUT2D eigenvalue weighted by molar-refractivity contribution is -0.125. The lowest BCUT2D eigenvalue weighted by Crippen LogP contribution is -2.44. The van der Waals surface area contributed by atoms with Crippen LogP contribution in [0.4, 0.5) is 0 Å². The van der Waals surface area contributed by atoms with Gasteiger partial charge in [0.15, 0.2) is 0 Å². The van der Waals surface area contributed by atoms with E-state index in [2.05, 4.69) is 17.9 Å². The van der Waals surface area contributed by atoms with Crippen LogP contribution in [0.3, 0.4) is 0 Å². The second-order valence-corrected chi connectivity index (χ2v) is 5.79. The van der Waals surface area contributed by atoms with Crippen LogP contribution in [0.15, 0.2) is 23.1 Å². The molecule has 1 unspecified atom stereocenters. The van der Waals surface area contributed by atoms with Crippen molar-refractivity contribution in [2.24, 2.45) is 5.92 Å². The molecule has 1 heterocycles. The summed E-state index contributed by atoms with van der Waals surface area (Å²) < 4.78 is 0. The topological polar surface area (TPSA) is 49.4 Å². The Bertz CT molecular complexity index is 536. The number of carbonyl (C=O) groups excluding carboxylic acids is 2. The van der Waals surface area contributed by atoms with E-state index in [1.165, 1.54) is 0 Å². The zero-order chi connectivity index (χ0) is 14.7. The van der Waals surface area contributed by atoms with Gasteiger partial charge in [0.25, 0.3) is 5.91 Å². The Balaban J connectivity index is 2.16. The first-order valence-electron chi connectivity index (χ1n) is 6.52. The number of thiol groups is 1. The summed E-state index contributed by atoms with van der Waals surface area (Å²) in [5.41, 5.74) is 0.441. The monoisotopic (exact) mass is 312 g/mol. The first-order chi connectivity index (χ1) is 9.52. The van der Waals surface area contributed by atoms with Gasteiger partial charge in [0, 0.05) is 25.0 Å². The predicted octanol–water partition coefficient (Wildman–Crippen LogP) is 2.23. The normalized spacial score (nSPS) is 18.8. The Kier molecular flexibility index (Phi) is 4.94. The van der Waals surface area contributed by atoms with Crippen LogP contribution >= 0.6 is 24.2 Å². The summed E-state index contributed by atoms with van der Waals surface area (Å²) >= 11 is 10.3. The molecule has 0 spiro atoms. The fourth-order valence-corrected chi connectivity index (χ4v) is 2.83. The molecule has 2 amide bonds. The van der Waals surface area contributed by atoms with Gasteiger partial charge < -0.3 is 10.2 Å². The van der Waals surface area contributed by atoms with Crippen molar-refractivity contribution in [3.05, 3.63) is 28.8 Å². The lowest BCUT2D eigenvalue weighted by atomic mass is 9.96. The first kappa shape index (κ1) is 15.2. The number of hydrogen-bond acceptors (Lipinski definition) is 3. The molecule has 0 bridgehead atoms. The molecule has 0 radical (unpaired) electrons. The number of halogens is 1. The number of nitrogens with one attached hydrogen (secondary N) is 1. The molecule has 4 nitrogen and oxygen atoms in total. The van der Waals surface area contributed by atoms with Crippen LogP contribution in [0.1, 0.15) is 23.2 Å². The molecule has 0 aromatic heterocycles. The fourth-order valence-electron chi connectivity index (χ4n) is 2.43. The third kappa shape index (κ3) is 3.27. The quantitative estimate of drug-likeness (QED) is 0.823. The summed E-state index contributed by atoms with van der Waals surface area (Å²) in [6.07, 6.45) is 1.63. The minimum absolute atomic E-state index is 0.0171. The molecule has 1 aliphatic rings. The SMILES string of the molecule is CNC(=O)C1CCCN(C(=O)c2cc(S)ccc2Cl)C1. The molecule has 1 saturated heterocycles. The first-order valence-corrected chi connectivity index (χ1v) is 7.35. The highest BCUT2D eigenvalue weighted by atomic mass is 35.5. The molecule has 1 aromatic rings. The number of likely N-dealkylation sites (tertiary alicyclic amines) is 1. The Morgan fingerprint density at radius 3 is 2.90 bits per heavy atom. The molecule has 108 valence electrons. The number of piperidine rings is 1. The van der Waals surface area contributed by atoms with Crippen molar-refractivity contribution in [3.63, 3.8) is 0 Å². The third-order valence-corrected chi connectivity index (χ3v) is 4.11. The second-order valence-electron chi connectivity index (χ2n) is 4.87. The molecule has 1 fully saturated rings. The number of carbonyl (C=O) groups is 2. The summed E-state index contributed by atoms with van der Waals surface area (Å²) in [5.74, 6) is -0.299. The Morgan fingerprint density at radius 2 is 2.20 bits per heavy atom. The molecule has 20 heavy (non-hydrogen) atoms. The van der Waals surface area contributed by atoms with Crippen LogP contribution in [0, 0.1) is 5.92 Å². The van der Waals surface area contributed by atoms with Crippen molar-refractivity contribution >= 4 is 36.0 Å². The van der Waals surface area contributed by atoms with E-state index < -0.39 is 0 Å². The Labute approximate surface area is 128 Å². The van der Waals surface area contributed by atoms with Gasteiger partial charge in [-0.2, -0.15) is 0 Å². The highest BCUT2D eigenvalue weighted by Crippen LogP contribution is 2.24. The van der Waals surface area contributed by atoms with Crippen LogP contribution in [-0.4, -0.2) is 36.9 Å². The van der Waals surface area contributed by atoms with E-state index in [0.717, 1.165) is 12.8 Å². The van der Waals surface area contributed by atoms with E-state index in [1.807, 2.05) is 0 Å². The van der Waals surface area contributed by atoms with Gasteiger partial charge in [-0.3, -0.25) is 9.59 Å². The average Bonchev–Trinajstić information content (AvgIpc) is 2.48. The van der Waals surface area contributed by atoms with Crippen molar-refractivity contribution in [1.82, 2.24) is 10.2 Å². The standard InChI is InChI=1S/C14H17ClN2O2S/c1-16-13(18)9-3-2-6-17(8-9)14(19)11-7-10(20)4-5-12(11)15/h4-5,7,9,20H,2-3,6,8H2,1H3,(H,16,18). The smallest absolute Gasteiger partial charge is 0.255 e. The summed E-state index contributed by atoms with van der Waals surface area (Å²) in [6, 6.07) is 5.07. The minimum Gasteiger partial charge on any atom is -0.359 e. The number of nitrogens with zero attached hydrogens (tertiary/aromatic N) is 1. The zero-order valence-corrected chi connectivity index (χ0v) is 12.9.